The Kier molecular flexibility index (Phi) is 4.17. The number of rotatable bonds is 4. The van der Waals surface area contributed by atoms with E-state index in [0.29, 0.717) is 6.54 Å². The predicted molar refractivity (Wildman–Crippen MR) is 76.2 cm³/mol. The first-order valence-corrected chi connectivity index (χ1v) is 7.43. The van der Waals surface area contributed by atoms with E-state index in [1.54, 1.807) is 0 Å². The van der Waals surface area contributed by atoms with Crippen LogP contribution in [0.1, 0.15) is 28.2 Å². The zero-order valence-electron chi connectivity index (χ0n) is 13.3. The Morgan fingerprint density at radius 1 is 1.35 bits per heavy atom. The predicted octanol–water partition coefficient (Wildman–Crippen LogP) is -3.15. The number of carbonyl (C=O) groups is 1. The van der Waals surface area contributed by atoms with Gasteiger partial charge >= 0.3 is 18.9 Å². The summed E-state index contributed by atoms with van der Waals surface area (Å²) in [6.45, 7) is 4.65. The molecule has 0 radical (unpaired) electrons. The number of carbonyl (C=O) groups excluding carboxylic acids is 1. The fourth-order valence-corrected chi connectivity index (χ4v) is 3.15. The third-order valence-corrected chi connectivity index (χ3v) is 4.56. The Bertz CT molecular complexity index is 737. The van der Waals surface area contributed by atoms with E-state index < -0.39 is 5.97 Å². The second-order valence-electron chi connectivity index (χ2n) is 6.16. The summed E-state index contributed by atoms with van der Waals surface area (Å²) in [6.07, 6.45) is 2.75. The van der Waals surface area contributed by atoms with E-state index in [2.05, 4.69) is 20.2 Å². The number of aromatic nitrogens is 4. The minimum atomic E-state index is -1.32. The summed E-state index contributed by atoms with van der Waals surface area (Å²) >= 11 is 0. The van der Waals surface area contributed by atoms with Crippen LogP contribution in [-0.2, 0) is 6.54 Å². The summed E-state index contributed by atoms with van der Waals surface area (Å²) in [4.78, 5) is 17.7. The van der Waals surface area contributed by atoms with Crippen LogP contribution in [-0.4, -0.2) is 39.0 Å². The third kappa shape index (κ3) is 3.12. The number of hydrogen-bond acceptors (Lipinski definition) is 6. The fraction of sp³-hybridized carbons (Fsp3) is 0.467. The van der Waals surface area contributed by atoms with Crippen molar-refractivity contribution < 1.29 is 28.8 Å². The van der Waals surface area contributed by atoms with Crippen LogP contribution >= 0.6 is 0 Å². The maximum atomic E-state index is 10.7. The van der Waals surface area contributed by atoms with E-state index >= 15 is 0 Å². The van der Waals surface area contributed by atoms with E-state index in [4.69, 9.17) is 0 Å². The summed E-state index contributed by atoms with van der Waals surface area (Å²) in [5.41, 5.74) is 1.78. The maximum Gasteiger partial charge on any atom is 1.00 e. The van der Waals surface area contributed by atoms with Crippen LogP contribution < -0.4 is 28.9 Å². The van der Waals surface area contributed by atoms with Crippen LogP contribution in [0.5, 0.6) is 0 Å². The van der Waals surface area contributed by atoms with Crippen LogP contribution in [0.3, 0.4) is 0 Å². The zero-order chi connectivity index (χ0) is 15.3. The molecule has 23 heavy (non-hydrogen) atoms. The molecule has 2 fully saturated rings. The van der Waals surface area contributed by atoms with Gasteiger partial charge in [-0.05, 0) is 36.8 Å². The Balaban J connectivity index is 0.00000156. The summed E-state index contributed by atoms with van der Waals surface area (Å²) in [5, 5.41) is 18.1. The van der Waals surface area contributed by atoms with Crippen molar-refractivity contribution in [1.29, 1.82) is 0 Å². The largest absolute Gasteiger partial charge is 1.00 e. The van der Waals surface area contributed by atoms with Gasteiger partial charge in [0, 0.05) is 18.8 Å². The number of pyridine rings is 1. The van der Waals surface area contributed by atoms with Crippen molar-refractivity contribution in [3.63, 3.8) is 0 Å². The second kappa shape index (κ2) is 5.99. The van der Waals surface area contributed by atoms with Gasteiger partial charge in [0.2, 0.25) is 0 Å². The first-order chi connectivity index (χ1) is 10.6. The minimum Gasteiger partial charge on any atom is -0.543 e. The van der Waals surface area contributed by atoms with E-state index in [9.17, 15) is 9.90 Å². The first-order valence-electron chi connectivity index (χ1n) is 7.43. The molecule has 3 heterocycles. The summed E-state index contributed by atoms with van der Waals surface area (Å²) in [6, 6.07) is 4.06. The van der Waals surface area contributed by atoms with Crippen LogP contribution in [0.2, 0.25) is 0 Å². The summed E-state index contributed by atoms with van der Waals surface area (Å²) in [7, 11) is 0. The quantitative estimate of drug-likeness (QED) is 0.555. The molecule has 0 amide bonds. The fourth-order valence-electron chi connectivity index (χ4n) is 3.15. The number of aromatic carboxylic acids is 1. The first kappa shape index (κ1) is 16.0. The Hall–Kier alpha value is -1.84. The molecule has 0 spiro atoms. The molecule has 0 N–H and O–H groups in total. The molecule has 0 aromatic carbocycles. The molecule has 1 aliphatic heterocycles. The average Bonchev–Trinajstić information content (AvgIpc) is 2.89. The number of carboxylic acids is 1. The number of piperidine rings is 1. The molecule has 2 aromatic rings. The van der Waals surface area contributed by atoms with Crippen molar-refractivity contribution in [3.8, 4) is 0 Å². The molecular formula is C15H16LiN5O2. The van der Waals surface area contributed by atoms with Crippen molar-refractivity contribution in [2.24, 2.45) is 11.8 Å². The van der Waals surface area contributed by atoms with Gasteiger partial charge in [-0.3, -0.25) is 0 Å². The van der Waals surface area contributed by atoms with E-state index in [1.807, 2.05) is 19.1 Å². The van der Waals surface area contributed by atoms with Gasteiger partial charge in [0.05, 0.1) is 18.7 Å². The van der Waals surface area contributed by atoms with Crippen molar-refractivity contribution in [3.05, 3.63) is 35.3 Å². The smallest absolute Gasteiger partial charge is 0.543 e. The second-order valence-corrected chi connectivity index (χ2v) is 6.16. The number of fused-ring (bicyclic) bond motifs is 1. The molecule has 2 aliphatic rings. The van der Waals surface area contributed by atoms with Crippen molar-refractivity contribution in [2.75, 3.05) is 18.0 Å². The van der Waals surface area contributed by atoms with Gasteiger partial charge in [0.1, 0.15) is 11.5 Å². The molecule has 8 heteroatoms. The standard InChI is InChI=1S/C15H17N5O2.Li/c1-9-10(7-20-8-13(15(21)22)17-18-20)2-3-14(16-9)19-5-11-4-12(11)6-19;/h2-3,8,11-12H,4-7H2,1H3,(H,21,22);/q;+1/p-1. The molecule has 2 unspecified atom stereocenters. The third-order valence-electron chi connectivity index (χ3n) is 4.56. The minimum absolute atomic E-state index is 0. The van der Waals surface area contributed by atoms with E-state index in [-0.39, 0.29) is 24.6 Å². The molecule has 1 aliphatic carbocycles. The molecule has 2 aromatic heterocycles. The number of hydrogen-bond donors (Lipinski definition) is 0. The number of carboxylic acid groups (broad SMARTS) is 1. The number of nitrogens with zero attached hydrogens (tertiary/aromatic N) is 5. The zero-order valence-corrected chi connectivity index (χ0v) is 13.3. The molecule has 7 nitrogen and oxygen atoms in total. The van der Waals surface area contributed by atoms with Crippen LogP contribution in [0, 0.1) is 18.8 Å². The topological polar surface area (TPSA) is 87.0 Å². The van der Waals surface area contributed by atoms with Crippen LogP contribution in [0.15, 0.2) is 18.3 Å². The molecule has 4 rings (SSSR count). The molecule has 2 atom stereocenters. The molecule has 1 saturated carbocycles. The van der Waals surface area contributed by atoms with Crippen molar-refractivity contribution in [1.82, 2.24) is 20.0 Å². The van der Waals surface area contributed by atoms with Crippen LogP contribution in [0.25, 0.3) is 0 Å². The molecular weight excluding hydrogens is 289 g/mol. The van der Waals surface area contributed by atoms with Crippen molar-refractivity contribution in [2.45, 2.75) is 19.9 Å². The normalized spacial score (nSPS) is 21.7. The monoisotopic (exact) mass is 305 g/mol. The van der Waals surface area contributed by atoms with E-state index in [0.717, 1.165) is 42.0 Å². The number of aryl methyl sites for hydroxylation is 1. The van der Waals surface area contributed by atoms with Gasteiger partial charge in [0.25, 0.3) is 0 Å². The van der Waals surface area contributed by atoms with Crippen molar-refractivity contribution >= 4 is 11.8 Å². The Morgan fingerprint density at radius 2 is 2.09 bits per heavy atom. The molecule has 0 bridgehead atoms. The summed E-state index contributed by atoms with van der Waals surface area (Å²) < 4.78 is 1.49. The van der Waals surface area contributed by atoms with E-state index in [1.165, 1.54) is 17.3 Å². The van der Waals surface area contributed by atoms with Gasteiger partial charge in [0.15, 0.2) is 0 Å². The maximum absolute atomic E-state index is 10.7. The van der Waals surface area contributed by atoms with Gasteiger partial charge in [-0.1, -0.05) is 11.3 Å². The summed E-state index contributed by atoms with van der Waals surface area (Å²) in [5.74, 6) is 1.46. The van der Waals surface area contributed by atoms with Crippen LogP contribution in [0.4, 0.5) is 5.82 Å². The van der Waals surface area contributed by atoms with Gasteiger partial charge in [-0.2, -0.15) is 0 Å². The SMILES string of the molecule is Cc1nc(N2CC3CC3C2)ccc1Cn1cc(C(=O)[O-])nn1.[Li+]. The Morgan fingerprint density at radius 3 is 2.70 bits per heavy atom. The number of anilines is 1. The van der Waals surface area contributed by atoms with Gasteiger partial charge < -0.3 is 14.8 Å². The molecule has 1 saturated heterocycles. The van der Waals surface area contributed by atoms with Gasteiger partial charge in [-0.15, -0.1) is 5.10 Å². The van der Waals surface area contributed by atoms with Gasteiger partial charge in [-0.25, -0.2) is 9.67 Å². The Labute approximate surface area is 145 Å². The average molecular weight is 305 g/mol. The molecule has 114 valence electrons.